The summed E-state index contributed by atoms with van der Waals surface area (Å²) < 4.78 is 26.1. The molecule has 0 aromatic rings. The molecule has 0 unspecified atom stereocenters. The summed E-state index contributed by atoms with van der Waals surface area (Å²) in [5.74, 6) is 0.277. The predicted octanol–water partition coefficient (Wildman–Crippen LogP) is 0.732. The maximum Gasteiger partial charge on any atom is 0.214 e. The van der Waals surface area contributed by atoms with Gasteiger partial charge in [-0.25, -0.2) is 12.7 Å². The van der Waals surface area contributed by atoms with E-state index < -0.39 is 10.0 Å². The zero-order valence-corrected chi connectivity index (χ0v) is 13.4. The quantitative estimate of drug-likeness (QED) is 0.670. The van der Waals surface area contributed by atoms with Gasteiger partial charge in [-0.15, -0.1) is 0 Å². The standard InChI is InChI=1S/C13H29N3O2S/c1-4-16-10-7-13(8-11-16)15(3)19(17,18)12-6-5-9-14-2/h13-14H,4-12H2,1-3H3. The number of sulfonamides is 1. The Labute approximate surface area is 118 Å². The van der Waals surface area contributed by atoms with E-state index in [9.17, 15) is 8.42 Å². The smallest absolute Gasteiger partial charge is 0.214 e. The van der Waals surface area contributed by atoms with Crippen molar-refractivity contribution in [3.05, 3.63) is 0 Å². The van der Waals surface area contributed by atoms with Gasteiger partial charge in [0.15, 0.2) is 0 Å². The lowest BCUT2D eigenvalue weighted by Gasteiger charge is -2.35. The Morgan fingerprint density at radius 3 is 2.42 bits per heavy atom. The van der Waals surface area contributed by atoms with E-state index in [2.05, 4.69) is 17.1 Å². The molecular formula is C13H29N3O2S. The van der Waals surface area contributed by atoms with Crippen LogP contribution in [0.5, 0.6) is 0 Å². The molecule has 0 radical (unpaired) electrons. The molecule has 0 atom stereocenters. The molecule has 1 saturated heterocycles. The van der Waals surface area contributed by atoms with Gasteiger partial charge in [0.25, 0.3) is 0 Å². The molecule has 0 saturated carbocycles. The minimum absolute atomic E-state index is 0.192. The van der Waals surface area contributed by atoms with E-state index in [1.807, 2.05) is 7.05 Å². The van der Waals surface area contributed by atoms with Gasteiger partial charge in [0, 0.05) is 13.1 Å². The molecule has 19 heavy (non-hydrogen) atoms. The largest absolute Gasteiger partial charge is 0.320 e. The van der Waals surface area contributed by atoms with E-state index in [0.717, 1.165) is 51.9 Å². The Bertz CT molecular complexity index is 338. The molecule has 1 fully saturated rings. The number of piperidine rings is 1. The van der Waals surface area contributed by atoms with Crippen molar-refractivity contribution in [2.75, 3.05) is 46.0 Å². The van der Waals surface area contributed by atoms with Crippen LogP contribution in [0.1, 0.15) is 32.6 Å². The van der Waals surface area contributed by atoms with Crippen molar-refractivity contribution in [2.45, 2.75) is 38.6 Å². The zero-order valence-electron chi connectivity index (χ0n) is 12.6. The van der Waals surface area contributed by atoms with E-state index >= 15 is 0 Å². The van der Waals surface area contributed by atoms with Gasteiger partial charge in [0.05, 0.1) is 5.75 Å². The molecule has 1 aliphatic heterocycles. The number of likely N-dealkylation sites (tertiary alicyclic amines) is 1. The van der Waals surface area contributed by atoms with Crippen LogP contribution in [0.3, 0.4) is 0 Å². The second-order valence-corrected chi connectivity index (χ2v) is 7.46. The first-order chi connectivity index (χ1) is 9.01. The average Bonchev–Trinajstić information content (AvgIpc) is 2.43. The summed E-state index contributed by atoms with van der Waals surface area (Å²) in [6.07, 6.45) is 3.57. The SMILES string of the molecule is CCN1CCC(N(C)S(=O)(=O)CCCCNC)CC1. The third-order valence-electron chi connectivity index (χ3n) is 4.04. The molecule has 1 heterocycles. The molecular weight excluding hydrogens is 262 g/mol. The molecule has 0 amide bonds. The Hall–Kier alpha value is -0.170. The van der Waals surface area contributed by atoms with Gasteiger partial charge in [-0.2, -0.15) is 0 Å². The monoisotopic (exact) mass is 291 g/mol. The third-order valence-corrected chi connectivity index (χ3v) is 6.02. The minimum atomic E-state index is -3.08. The Morgan fingerprint density at radius 2 is 1.89 bits per heavy atom. The number of unbranched alkanes of at least 4 members (excludes halogenated alkanes) is 1. The Morgan fingerprint density at radius 1 is 1.26 bits per heavy atom. The molecule has 0 aliphatic carbocycles. The average molecular weight is 291 g/mol. The van der Waals surface area contributed by atoms with Crippen molar-refractivity contribution in [1.29, 1.82) is 0 Å². The fourth-order valence-corrected chi connectivity index (χ4v) is 4.08. The number of nitrogens with zero attached hydrogens (tertiary/aromatic N) is 2. The molecule has 0 spiro atoms. The van der Waals surface area contributed by atoms with Crippen molar-refractivity contribution in [3.63, 3.8) is 0 Å². The summed E-state index contributed by atoms with van der Waals surface area (Å²) in [5.41, 5.74) is 0. The highest BCUT2D eigenvalue weighted by Gasteiger charge is 2.28. The summed E-state index contributed by atoms with van der Waals surface area (Å²) in [6, 6.07) is 0.192. The molecule has 6 heteroatoms. The molecule has 1 aliphatic rings. The molecule has 0 aromatic heterocycles. The van der Waals surface area contributed by atoms with Gasteiger partial charge in [0.2, 0.25) is 10.0 Å². The lowest BCUT2D eigenvalue weighted by atomic mass is 10.1. The van der Waals surface area contributed by atoms with Crippen molar-refractivity contribution in [1.82, 2.24) is 14.5 Å². The van der Waals surface area contributed by atoms with Crippen molar-refractivity contribution in [2.24, 2.45) is 0 Å². The predicted molar refractivity (Wildman–Crippen MR) is 79.8 cm³/mol. The minimum Gasteiger partial charge on any atom is -0.320 e. The first-order valence-corrected chi connectivity index (χ1v) is 8.95. The molecule has 5 nitrogen and oxygen atoms in total. The summed E-state index contributed by atoms with van der Waals surface area (Å²) in [5, 5.41) is 3.04. The van der Waals surface area contributed by atoms with Crippen LogP contribution in [0.4, 0.5) is 0 Å². The van der Waals surface area contributed by atoms with Gasteiger partial charge in [0.1, 0.15) is 0 Å². The zero-order chi connectivity index (χ0) is 14.3. The van der Waals surface area contributed by atoms with Crippen LogP contribution in [0.2, 0.25) is 0 Å². The summed E-state index contributed by atoms with van der Waals surface area (Å²) in [6.45, 7) is 6.13. The normalized spacial score (nSPS) is 19.2. The van der Waals surface area contributed by atoms with Gasteiger partial charge in [-0.05, 0) is 58.9 Å². The van der Waals surface area contributed by atoms with Crippen LogP contribution >= 0.6 is 0 Å². The number of nitrogens with one attached hydrogen (secondary N) is 1. The third kappa shape index (κ3) is 5.38. The van der Waals surface area contributed by atoms with Gasteiger partial charge < -0.3 is 10.2 Å². The van der Waals surface area contributed by atoms with Gasteiger partial charge in [-0.3, -0.25) is 0 Å². The molecule has 1 N–H and O–H groups in total. The Balaban J connectivity index is 2.40. The lowest BCUT2D eigenvalue weighted by molar-refractivity contribution is 0.176. The second kappa shape index (κ2) is 8.19. The van der Waals surface area contributed by atoms with Gasteiger partial charge in [-0.1, -0.05) is 6.92 Å². The number of hydrogen-bond donors (Lipinski definition) is 1. The summed E-state index contributed by atoms with van der Waals surface area (Å²) >= 11 is 0. The topological polar surface area (TPSA) is 52.7 Å². The highest BCUT2D eigenvalue weighted by atomic mass is 32.2. The number of hydrogen-bond acceptors (Lipinski definition) is 4. The van der Waals surface area contributed by atoms with E-state index in [4.69, 9.17) is 0 Å². The van der Waals surface area contributed by atoms with Crippen molar-refractivity contribution in [3.8, 4) is 0 Å². The van der Waals surface area contributed by atoms with Crippen LogP contribution in [0, 0.1) is 0 Å². The Kier molecular flexibility index (Phi) is 7.28. The van der Waals surface area contributed by atoms with E-state index in [-0.39, 0.29) is 11.8 Å². The van der Waals surface area contributed by atoms with Crippen LogP contribution < -0.4 is 5.32 Å². The second-order valence-electron chi connectivity index (χ2n) is 5.31. The maximum absolute atomic E-state index is 12.2. The summed E-state index contributed by atoms with van der Waals surface area (Å²) in [7, 11) is 0.563. The molecule has 114 valence electrons. The van der Waals surface area contributed by atoms with E-state index in [1.165, 1.54) is 0 Å². The first kappa shape index (κ1) is 16.9. The molecule has 0 aromatic carbocycles. The van der Waals surface area contributed by atoms with Gasteiger partial charge >= 0.3 is 0 Å². The van der Waals surface area contributed by atoms with Crippen LogP contribution in [-0.2, 0) is 10.0 Å². The number of rotatable bonds is 8. The first-order valence-electron chi connectivity index (χ1n) is 7.34. The van der Waals surface area contributed by atoms with Crippen LogP contribution in [0.15, 0.2) is 0 Å². The van der Waals surface area contributed by atoms with Crippen LogP contribution in [-0.4, -0.2) is 69.7 Å². The van der Waals surface area contributed by atoms with E-state index in [0.29, 0.717) is 0 Å². The summed E-state index contributed by atoms with van der Waals surface area (Å²) in [4.78, 5) is 2.38. The fraction of sp³-hybridized carbons (Fsp3) is 1.00. The van der Waals surface area contributed by atoms with Crippen molar-refractivity contribution >= 4 is 10.0 Å². The maximum atomic E-state index is 12.2. The molecule has 0 bridgehead atoms. The van der Waals surface area contributed by atoms with E-state index in [1.54, 1.807) is 11.4 Å². The lowest BCUT2D eigenvalue weighted by Crippen LogP contribution is -2.46. The highest BCUT2D eigenvalue weighted by Crippen LogP contribution is 2.18. The van der Waals surface area contributed by atoms with Crippen LogP contribution in [0.25, 0.3) is 0 Å². The highest BCUT2D eigenvalue weighted by molar-refractivity contribution is 7.89. The van der Waals surface area contributed by atoms with Crippen molar-refractivity contribution < 1.29 is 8.42 Å². The fourth-order valence-electron chi connectivity index (χ4n) is 2.56. The molecule has 1 rings (SSSR count).